The molecule has 0 saturated carbocycles. The Labute approximate surface area is 68.8 Å². The van der Waals surface area contributed by atoms with E-state index in [4.69, 9.17) is 0 Å². The van der Waals surface area contributed by atoms with Gasteiger partial charge < -0.3 is 4.90 Å². The molecule has 0 aromatic rings. The molecular formula is C8H10F3N. The fraction of sp³-hybridized carbons (Fsp3) is 0.750. The summed E-state index contributed by atoms with van der Waals surface area (Å²) in [6, 6.07) is 0. The number of nitrogens with zero attached hydrogens (tertiary/aromatic N) is 1. The van der Waals surface area contributed by atoms with Gasteiger partial charge in [0.1, 0.15) is 0 Å². The SMILES string of the molecule is FC(F)(F)C1CC2=CCCN2C1. The second-order valence-corrected chi connectivity index (χ2v) is 3.37. The molecule has 0 aromatic carbocycles. The lowest BCUT2D eigenvalue weighted by Gasteiger charge is -2.16. The second kappa shape index (κ2) is 2.41. The minimum atomic E-state index is -4.01. The molecule has 2 aliphatic rings. The van der Waals surface area contributed by atoms with Crippen LogP contribution < -0.4 is 0 Å². The first-order valence-corrected chi connectivity index (χ1v) is 4.08. The molecule has 0 aliphatic carbocycles. The highest BCUT2D eigenvalue weighted by Crippen LogP contribution is 2.40. The highest BCUT2D eigenvalue weighted by molar-refractivity contribution is 5.14. The molecule has 1 saturated heterocycles. The van der Waals surface area contributed by atoms with E-state index in [-0.39, 0.29) is 13.0 Å². The van der Waals surface area contributed by atoms with Gasteiger partial charge in [-0.2, -0.15) is 13.2 Å². The summed E-state index contributed by atoms with van der Waals surface area (Å²) < 4.78 is 36.6. The summed E-state index contributed by atoms with van der Waals surface area (Å²) in [6.07, 6.45) is -0.972. The van der Waals surface area contributed by atoms with Crippen molar-refractivity contribution in [1.29, 1.82) is 0 Å². The van der Waals surface area contributed by atoms with Crippen LogP contribution in [0.4, 0.5) is 13.2 Å². The molecule has 1 fully saturated rings. The van der Waals surface area contributed by atoms with Gasteiger partial charge in [0.2, 0.25) is 0 Å². The fourth-order valence-corrected chi connectivity index (χ4v) is 1.88. The van der Waals surface area contributed by atoms with E-state index in [9.17, 15) is 13.2 Å². The predicted octanol–water partition coefficient (Wildman–Crippen LogP) is 2.16. The molecule has 2 rings (SSSR count). The quantitative estimate of drug-likeness (QED) is 0.548. The standard InChI is InChI=1S/C8H10F3N/c9-8(10,11)6-4-7-2-1-3-12(7)5-6/h2,6H,1,3-5H2. The first-order chi connectivity index (χ1) is 5.57. The maximum atomic E-state index is 12.2. The number of alkyl halides is 3. The number of allylic oxidation sites excluding steroid dienone is 1. The van der Waals surface area contributed by atoms with Gasteiger partial charge in [-0.15, -0.1) is 0 Å². The Morgan fingerprint density at radius 1 is 1.42 bits per heavy atom. The molecule has 0 spiro atoms. The maximum absolute atomic E-state index is 12.2. The van der Waals surface area contributed by atoms with Gasteiger partial charge in [0, 0.05) is 25.2 Å². The average Bonchev–Trinajstić information content (AvgIpc) is 2.37. The molecule has 0 aromatic heterocycles. The minimum Gasteiger partial charge on any atom is -0.374 e. The van der Waals surface area contributed by atoms with Crippen molar-refractivity contribution in [3.8, 4) is 0 Å². The lowest BCUT2D eigenvalue weighted by Crippen LogP contribution is -2.26. The zero-order chi connectivity index (χ0) is 8.77. The molecule has 2 aliphatic heterocycles. The summed E-state index contributed by atoms with van der Waals surface area (Å²) in [5.74, 6) is -1.12. The monoisotopic (exact) mass is 177 g/mol. The zero-order valence-corrected chi connectivity index (χ0v) is 6.56. The lowest BCUT2D eigenvalue weighted by molar-refractivity contribution is -0.170. The topological polar surface area (TPSA) is 3.24 Å². The van der Waals surface area contributed by atoms with Crippen LogP contribution in [0.25, 0.3) is 0 Å². The van der Waals surface area contributed by atoms with E-state index in [0.717, 1.165) is 18.7 Å². The van der Waals surface area contributed by atoms with Gasteiger partial charge in [0.05, 0.1) is 5.92 Å². The highest BCUT2D eigenvalue weighted by Gasteiger charge is 2.45. The van der Waals surface area contributed by atoms with Crippen molar-refractivity contribution in [3.05, 3.63) is 11.8 Å². The van der Waals surface area contributed by atoms with Gasteiger partial charge in [0.25, 0.3) is 0 Å². The van der Waals surface area contributed by atoms with E-state index in [1.807, 2.05) is 11.0 Å². The lowest BCUT2D eigenvalue weighted by atomic mass is 10.1. The van der Waals surface area contributed by atoms with E-state index >= 15 is 0 Å². The van der Waals surface area contributed by atoms with Gasteiger partial charge in [-0.05, 0) is 6.42 Å². The Kier molecular flexibility index (Phi) is 1.59. The van der Waals surface area contributed by atoms with Gasteiger partial charge >= 0.3 is 6.18 Å². The molecule has 2 heterocycles. The van der Waals surface area contributed by atoms with Crippen molar-refractivity contribution in [2.75, 3.05) is 13.1 Å². The summed E-state index contributed by atoms with van der Waals surface area (Å²) in [5.41, 5.74) is 0.900. The smallest absolute Gasteiger partial charge is 0.374 e. The third-order valence-electron chi connectivity index (χ3n) is 2.54. The van der Waals surface area contributed by atoms with Crippen molar-refractivity contribution >= 4 is 0 Å². The van der Waals surface area contributed by atoms with E-state index in [0.29, 0.717) is 0 Å². The molecule has 12 heavy (non-hydrogen) atoms. The van der Waals surface area contributed by atoms with Crippen LogP contribution in [-0.4, -0.2) is 24.2 Å². The molecule has 0 bridgehead atoms. The van der Waals surface area contributed by atoms with Crippen LogP contribution in [0, 0.1) is 5.92 Å². The normalized spacial score (nSPS) is 29.1. The molecule has 1 atom stereocenters. The molecule has 0 amide bonds. The van der Waals surface area contributed by atoms with Gasteiger partial charge in [-0.3, -0.25) is 0 Å². The van der Waals surface area contributed by atoms with Crippen molar-refractivity contribution in [2.45, 2.75) is 19.0 Å². The molecule has 0 radical (unpaired) electrons. The third kappa shape index (κ3) is 1.19. The van der Waals surface area contributed by atoms with Crippen LogP contribution in [0.2, 0.25) is 0 Å². The minimum absolute atomic E-state index is 0.176. The summed E-state index contributed by atoms with van der Waals surface area (Å²) >= 11 is 0. The summed E-state index contributed by atoms with van der Waals surface area (Å²) in [5, 5.41) is 0. The first-order valence-electron chi connectivity index (χ1n) is 4.08. The van der Waals surface area contributed by atoms with E-state index in [1.54, 1.807) is 0 Å². The first kappa shape index (κ1) is 7.95. The maximum Gasteiger partial charge on any atom is 0.393 e. The summed E-state index contributed by atoms with van der Waals surface area (Å²) in [4.78, 5) is 1.85. The fourth-order valence-electron chi connectivity index (χ4n) is 1.88. The van der Waals surface area contributed by atoms with Crippen LogP contribution in [0.3, 0.4) is 0 Å². The largest absolute Gasteiger partial charge is 0.393 e. The molecule has 0 N–H and O–H groups in total. The predicted molar refractivity (Wildman–Crippen MR) is 38.4 cm³/mol. The van der Waals surface area contributed by atoms with E-state index in [2.05, 4.69) is 0 Å². The Bertz CT molecular complexity index is 219. The molecular weight excluding hydrogens is 167 g/mol. The van der Waals surface area contributed by atoms with Crippen molar-refractivity contribution in [1.82, 2.24) is 4.90 Å². The Morgan fingerprint density at radius 3 is 2.75 bits per heavy atom. The van der Waals surface area contributed by atoms with Crippen molar-refractivity contribution < 1.29 is 13.2 Å². The third-order valence-corrected chi connectivity index (χ3v) is 2.54. The second-order valence-electron chi connectivity index (χ2n) is 3.37. The number of halogens is 3. The van der Waals surface area contributed by atoms with Crippen molar-refractivity contribution in [3.63, 3.8) is 0 Å². The van der Waals surface area contributed by atoms with Crippen molar-refractivity contribution in [2.24, 2.45) is 5.92 Å². The Balaban J connectivity index is 2.08. The average molecular weight is 177 g/mol. The Morgan fingerprint density at radius 2 is 2.17 bits per heavy atom. The van der Waals surface area contributed by atoms with Crippen LogP contribution in [0.1, 0.15) is 12.8 Å². The van der Waals surface area contributed by atoms with Crippen LogP contribution >= 0.6 is 0 Å². The Hall–Kier alpha value is -0.670. The zero-order valence-electron chi connectivity index (χ0n) is 6.56. The number of rotatable bonds is 0. The molecule has 1 nitrogen and oxygen atoms in total. The summed E-state index contributed by atoms with van der Waals surface area (Å²) in [7, 11) is 0. The highest BCUT2D eigenvalue weighted by atomic mass is 19.4. The van der Waals surface area contributed by atoms with Crippen LogP contribution in [-0.2, 0) is 0 Å². The number of hydrogen-bond acceptors (Lipinski definition) is 1. The molecule has 68 valence electrons. The van der Waals surface area contributed by atoms with Gasteiger partial charge in [-0.25, -0.2) is 0 Å². The number of hydrogen-bond donors (Lipinski definition) is 0. The molecule has 4 heteroatoms. The van der Waals surface area contributed by atoms with E-state index in [1.165, 1.54) is 0 Å². The van der Waals surface area contributed by atoms with E-state index < -0.39 is 12.1 Å². The number of fused-ring (bicyclic) bond motifs is 1. The van der Waals surface area contributed by atoms with Gasteiger partial charge in [-0.1, -0.05) is 6.08 Å². The summed E-state index contributed by atoms with van der Waals surface area (Å²) in [6.45, 7) is 0.956. The van der Waals surface area contributed by atoms with Crippen LogP contribution in [0.5, 0.6) is 0 Å². The van der Waals surface area contributed by atoms with Crippen LogP contribution in [0.15, 0.2) is 11.8 Å². The molecule has 1 unspecified atom stereocenters. The van der Waals surface area contributed by atoms with Gasteiger partial charge in [0.15, 0.2) is 0 Å².